The molecule has 0 saturated carbocycles. The molecule has 2 atom stereocenters. The maximum absolute atomic E-state index is 11.5. The number of rotatable bonds is 1. The van der Waals surface area contributed by atoms with Crippen LogP contribution in [-0.4, -0.2) is 31.9 Å². The second kappa shape index (κ2) is 2.97. The van der Waals surface area contributed by atoms with Gasteiger partial charge in [-0.2, -0.15) is 0 Å². The van der Waals surface area contributed by atoms with Crippen LogP contribution in [-0.2, 0) is 14.6 Å². The minimum atomic E-state index is -2.89. The van der Waals surface area contributed by atoms with Gasteiger partial charge in [0.25, 0.3) is 0 Å². The molecule has 1 N–H and O–H groups in total. The first-order chi connectivity index (χ1) is 6.09. The number of carbonyl (C=O) groups excluding carboxylic acids is 1. The van der Waals surface area contributed by atoms with Crippen LogP contribution in [0.15, 0.2) is 0 Å². The van der Waals surface area contributed by atoms with Gasteiger partial charge >= 0.3 is 0 Å². The number of sulfone groups is 1. The molecule has 2 unspecified atom stereocenters. The van der Waals surface area contributed by atoms with E-state index in [0.717, 1.165) is 12.8 Å². The van der Waals surface area contributed by atoms with Crippen molar-refractivity contribution < 1.29 is 13.2 Å². The molecule has 2 saturated heterocycles. The molecule has 2 fully saturated rings. The molecule has 74 valence electrons. The summed E-state index contributed by atoms with van der Waals surface area (Å²) in [5.41, 5.74) is 0. The monoisotopic (exact) mass is 203 g/mol. The van der Waals surface area contributed by atoms with Crippen molar-refractivity contribution in [3.63, 3.8) is 0 Å². The van der Waals surface area contributed by atoms with Crippen LogP contribution in [0, 0.1) is 5.92 Å². The van der Waals surface area contributed by atoms with Crippen molar-refractivity contribution in [1.82, 2.24) is 5.32 Å². The number of carbonyl (C=O) groups is 1. The van der Waals surface area contributed by atoms with Crippen LogP contribution in [0.4, 0.5) is 0 Å². The van der Waals surface area contributed by atoms with Gasteiger partial charge in [-0.3, -0.25) is 4.79 Å². The number of hydrogen-bond donors (Lipinski definition) is 1. The Morgan fingerprint density at radius 2 is 2.15 bits per heavy atom. The zero-order valence-corrected chi connectivity index (χ0v) is 8.14. The van der Waals surface area contributed by atoms with Gasteiger partial charge in [-0.25, -0.2) is 8.42 Å². The van der Waals surface area contributed by atoms with Crippen molar-refractivity contribution in [2.45, 2.75) is 24.5 Å². The first-order valence-corrected chi connectivity index (χ1v) is 6.29. The summed E-state index contributed by atoms with van der Waals surface area (Å²) in [5, 5.41) is 2.42. The van der Waals surface area contributed by atoms with Crippen molar-refractivity contribution in [1.29, 1.82) is 0 Å². The fourth-order valence-electron chi connectivity index (χ4n) is 2.24. The summed E-state index contributed by atoms with van der Waals surface area (Å²) < 4.78 is 23.0. The lowest BCUT2D eigenvalue weighted by atomic mass is 10.0. The summed E-state index contributed by atoms with van der Waals surface area (Å²) in [6.07, 6.45) is 1.89. The van der Waals surface area contributed by atoms with E-state index in [4.69, 9.17) is 0 Å². The molecule has 13 heavy (non-hydrogen) atoms. The molecular weight excluding hydrogens is 190 g/mol. The van der Waals surface area contributed by atoms with Gasteiger partial charge in [-0.1, -0.05) is 0 Å². The summed E-state index contributed by atoms with van der Waals surface area (Å²) >= 11 is 0. The molecule has 2 heterocycles. The van der Waals surface area contributed by atoms with Crippen LogP contribution < -0.4 is 5.32 Å². The van der Waals surface area contributed by atoms with Crippen LogP contribution in [0.5, 0.6) is 0 Å². The van der Waals surface area contributed by atoms with Crippen LogP contribution in [0.2, 0.25) is 0 Å². The Hall–Kier alpha value is -0.580. The molecule has 0 aromatic rings. The van der Waals surface area contributed by atoms with E-state index in [1.807, 2.05) is 0 Å². The molecule has 2 aliphatic heterocycles. The van der Waals surface area contributed by atoms with Crippen LogP contribution >= 0.6 is 0 Å². The lowest BCUT2D eigenvalue weighted by Crippen LogP contribution is -2.27. The third kappa shape index (κ3) is 1.57. The molecular formula is C8H13NO3S. The zero-order chi connectivity index (χ0) is 9.47. The largest absolute Gasteiger partial charge is 0.356 e. The Kier molecular flexibility index (Phi) is 2.06. The lowest BCUT2D eigenvalue weighted by Gasteiger charge is -2.14. The minimum Gasteiger partial charge on any atom is -0.356 e. The van der Waals surface area contributed by atoms with E-state index in [9.17, 15) is 13.2 Å². The zero-order valence-electron chi connectivity index (χ0n) is 7.32. The molecule has 1 amide bonds. The Balaban J connectivity index is 2.13. The summed E-state index contributed by atoms with van der Waals surface area (Å²) in [6, 6.07) is 0. The topological polar surface area (TPSA) is 63.2 Å². The quantitative estimate of drug-likeness (QED) is 0.636. The molecule has 0 aromatic heterocycles. The molecule has 4 nitrogen and oxygen atoms in total. The van der Waals surface area contributed by atoms with Crippen molar-refractivity contribution in [2.24, 2.45) is 5.92 Å². The molecule has 0 spiro atoms. The Morgan fingerprint density at radius 1 is 1.38 bits per heavy atom. The number of amides is 1. The maximum Gasteiger partial charge on any atom is 0.220 e. The summed E-state index contributed by atoms with van der Waals surface area (Å²) in [6.45, 7) is 0.544. The van der Waals surface area contributed by atoms with Gasteiger partial charge in [0.05, 0.1) is 11.0 Å². The Labute approximate surface area is 77.6 Å². The van der Waals surface area contributed by atoms with E-state index in [-0.39, 0.29) is 17.1 Å². The maximum atomic E-state index is 11.5. The van der Waals surface area contributed by atoms with Gasteiger partial charge in [0.1, 0.15) is 0 Å². The minimum absolute atomic E-state index is 0.00731. The van der Waals surface area contributed by atoms with E-state index < -0.39 is 9.84 Å². The number of hydrogen-bond acceptors (Lipinski definition) is 3. The normalized spacial score (nSPS) is 37.7. The summed E-state index contributed by atoms with van der Waals surface area (Å²) in [4.78, 5) is 10.9. The van der Waals surface area contributed by atoms with Gasteiger partial charge in [-0.05, 0) is 12.8 Å². The molecule has 5 heteroatoms. The van der Waals surface area contributed by atoms with Crippen molar-refractivity contribution >= 4 is 15.7 Å². The first kappa shape index (κ1) is 8.99. The average molecular weight is 203 g/mol. The predicted octanol–water partition coefficient (Wildman–Crippen LogP) is -0.300. The third-order valence-corrected chi connectivity index (χ3v) is 5.31. The molecule has 0 bridgehead atoms. The van der Waals surface area contributed by atoms with E-state index in [2.05, 4.69) is 5.32 Å². The highest BCUT2D eigenvalue weighted by molar-refractivity contribution is 7.92. The van der Waals surface area contributed by atoms with Crippen LogP contribution in [0.1, 0.15) is 19.3 Å². The molecule has 2 rings (SSSR count). The summed E-state index contributed by atoms with van der Waals surface area (Å²) in [7, 11) is -2.89. The molecule has 0 radical (unpaired) electrons. The fraction of sp³-hybridized carbons (Fsp3) is 0.875. The van der Waals surface area contributed by atoms with Crippen molar-refractivity contribution in [2.75, 3.05) is 12.3 Å². The smallest absolute Gasteiger partial charge is 0.220 e. The fourth-order valence-corrected chi connectivity index (χ4v) is 4.41. The molecule has 2 aliphatic rings. The van der Waals surface area contributed by atoms with Gasteiger partial charge < -0.3 is 5.32 Å². The van der Waals surface area contributed by atoms with Crippen molar-refractivity contribution in [3.05, 3.63) is 0 Å². The van der Waals surface area contributed by atoms with Crippen LogP contribution in [0.3, 0.4) is 0 Å². The average Bonchev–Trinajstić information content (AvgIpc) is 2.56. The van der Waals surface area contributed by atoms with Crippen LogP contribution in [0.25, 0.3) is 0 Å². The van der Waals surface area contributed by atoms with Gasteiger partial charge in [0, 0.05) is 18.9 Å². The first-order valence-electron chi connectivity index (χ1n) is 4.58. The highest BCUT2D eigenvalue weighted by Crippen LogP contribution is 2.30. The molecule has 0 aliphatic carbocycles. The van der Waals surface area contributed by atoms with E-state index in [1.165, 1.54) is 0 Å². The second-order valence-electron chi connectivity index (χ2n) is 3.82. The van der Waals surface area contributed by atoms with E-state index >= 15 is 0 Å². The van der Waals surface area contributed by atoms with E-state index in [1.54, 1.807) is 0 Å². The second-order valence-corrected chi connectivity index (χ2v) is 6.16. The van der Waals surface area contributed by atoms with Gasteiger partial charge in [0.15, 0.2) is 9.84 Å². The standard InChI is InChI=1S/C8H13NO3S/c10-8-4-6(5-9-8)7-2-1-3-13(7,11)12/h6-7H,1-5H2,(H,9,10). The molecule has 0 aromatic carbocycles. The Bertz CT molecular complexity index is 322. The van der Waals surface area contributed by atoms with Gasteiger partial charge in [0.2, 0.25) is 5.91 Å². The summed E-state index contributed by atoms with van der Waals surface area (Å²) in [5.74, 6) is 0.328. The highest BCUT2D eigenvalue weighted by atomic mass is 32.2. The van der Waals surface area contributed by atoms with E-state index in [0.29, 0.717) is 18.7 Å². The highest BCUT2D eigenvalue weighted by Gasteiger charge is 2.40. The Morgan fingerprint density at radius 3 is 2.62 bits per heavy atom. The number of nitrogens with one attached hydrogen (secondary N) is 1. The lowest BCUT2D eigenvalue weighted by molar-refractivity contribution is -0.119. The van der Waals surface area contributed by atoms with Gasteiger partial charge in [-0.15, -0.1) is 0 Å². The third-order valence-electron chi connectivity index (χ3n) is 2.91. The van der Waals surface area contributed by atoms with Crippen molar-refractivity contribution in [3.8, 4) is 0 Å². The SMILES string of the molecule is O=C1CC(C2CCCS2(=O)=O)CN1. The predicted molar refractivity (Wildman–Crippen MR) is 47.9 cm³/mol.